The van der Waals surface area contributed by atoms with Crippen LogP contribution in [0.4, 0.5) is 14.5 Å². The third-order valence-electron chi connectivity index (χ3n) is 2.78. The number of nitro groups is 1. The van der Waals surface area contributed by atoms with Crippen molar-refractivity contribution in [3.63, 3.8) is 0 Å². The van der Waals surface area contributed by atoms with Crippen molar-refractivity contribution >= 4 is 5.69 Å². The quantitative estimate of drug-likeness (QED) is 0.689. The molecule has 0 saturated heterocycles. The van der Waals surface area contributed by atoms with Crippen LogP contribution in [-0.4, -0.2) is 10.0 Å². The molecular weight excluding hydrogens is 284 g/mol. The lowest BCUT2D eigenvalue weighted by Gasteiger charge is -2.10. The maximum absolute atomic E-state index is 13.8. The Kier molecular flexibility index (Phi) is 4.13. The molecule has 0 aliphatic rings. The molecule has 0 bridgehead atoms. The number of nitrogens with zero attached hydrogens (tertiary/aromatic N) is 1. The lowest BCUT2D eigenvalue weighted by atomic mass is 10.1. The molecule has 0 fully saturated rings. The first-order valence-corrected chi connectivity index (χ1v) is 5.98. The van der Waals surface area contributed by atoms with Gasteiger partial charge in [0.15, 0.2) is 11.6 Å². The molecule has 2 aromatic carbocycles. The van der Waals surface area contributed by atoms with Gasteiger partial charge in [-0.3, -0.25) is 10.1 Å². The standard InChI is InChI=1S/C14H11F2NO4/c1-8(18)9-2-5-13(11(16)6-9)21-14-7-10(15)3-4-12(14)17(19)20/h2-8,18H,1H3/t8-/m0/s1. The largest absolute Gasteiger partial charge is 0.447 e. The van der Waals surface area contributed by atoms with Gasteiger partial charge >= 0.3 is 5.69 Å². The average molecular weight is 295 g/mol. The highest BCUT2D eigenvalue weighted by Crippen LogP contribution is 2.33. The van der Waals surface area contributed by atoms with Gasteiger partial charge in [0, 0.05) is 12.1 Å². The van der Waals surface area contributed by atoms with Crippen molar-refractivity contribution in [1.29, 1.82) is 0 Å². The number of rotatable bonds is 4. The van der Waals surface area contributed by atoms with Crippen LogP contribution in [0.3, 0.4) is 0 Å². The first kappa shape index (κ1) is 14.9. The van der Waals surface area contributed by atoms with Crippen LogP contribution in [0.1, 0.15) is 18.6 Å². The Hall–Kier alpha value is -2.54. The molecule has 0 amide bonds. The van der Waals surface area contributed by atoms with Gasteiger partial charge in [0.2, 0.25) is 5.75 Å². The summed E-state index contributed by atoms with van der Waals surface area (Å²) in [5.74, 6) is -2.25. The third-order valence-corrected chi connectivity index (χ3v) is 2.78. The molecule has 1 atom stereocenters. The molecule has 0 aliphatic heterocycles. The van der Waals surface area contributed by atoms with Gasteiger partial charge in [0.25, 0.3) is 0 Å². The number of nitro benzene ring substituents is 1. The molecule has 0 spiro atoms. The molecule has 110 valence electrons. The fourth-order valence-electron chi connectivity index (χ4n) is 1.70. The zero-order chi connectivity index (χ0) is 15.6. The Morgan fingerprint density at radius 1 is 1.19 bits per heavy atom. The van der Waals surface area contributed by atoms with E-state index in [1.54, 1.807) is 0 Å². The van der Waals surface area contributed by atoms with E-state index in [-0.39, 0.29) is 5.75 Å². The van der Waals surface area contributed by atoms with Crippen LogP contribution in [0.15, 0.2) is 36.4 Å². The Labute approximate surface area is 118 Å². The Bertz CT molecular complexity index is 689. The van der Waals surface area contributed by atoms with Gasteiger partial charge < -0.3 is 9.84 Å². The molecule has 2 aromatic rings. The van der Waals surface area contributed by atoms with Crippen LogP contribution < -0.4 is 4.74 Å². The second-order valence-corrected chi connectivity index (χ2v) is 4.34. The van der Waals surface area contributed by atoms with Crippen LogP contribution in [0.25, 0.3) is 0 Å². The van der Waals surface area contributed by atoms with Gasteiger partial charge in [-0.2, -0.15) is 0 Å². The van der Waals surface area contributed by atoms with Gasteiger partial charge in [0.1, 0.15) is 5.82 Å². The summed E-state index contributed by atoms with van der Waals surface area (Å²) in [7, 11) is 0. The molecule has 0 aromatic heterocycles. The van der Waals surface area contributed by atoms with E-state index in [1.807, 2.05) is 0 Å². The smallest absolute Gasteiger partial charge is 0.311 e. The average Bonchev–Trinajstić information content (AvgIpc) is 2.40. The number of aliphatic hydroxyl groups is 1. The molecule has 1 N–H and O–H groups in total. The second-order valence-electron chi connectivity index (χ2n) is 4.34. The van der Waals surface area contributed by atoms with Crippen LogP contribution in [0.2, 0.25) is 0 Å². The molecule has 0 radical (unpaired) electrons. The molecule has 0 aliphatic carbocycles. The van der Waals surface area contributed by atoms with Crippen molar-refractivity contribution in [3.05, 3.63) is 63.7 Å². The van der Waals surface area contributed by atoms with Crippen molar-refractivity contribution < 1.29 is 23.5 Å². The van der Waals surface area contributed by atoms with Crippen LogP contribution in [0.5, 0.6) is 11.5 Å². The van der Waals surface area contributed by atoms with Crippen molar-refractivity contribution in [2.45, 2.75) is 13.0 Å². The minimum Gasteiger partial charge on any atom is -0.447 e. The molecule has 0 unspecified atom stereocenters. The van der Waals surface area contributed by atoms with Crippen molar-refractivity contribution in [1.82, 2.24) is 0 Å². The number of hydrogen-bond donors (Lipinski definition) is 1. The van der Waals surface area contributed by atoms with E-state index in [4.69, 9.17) is 4.74 Å². The molecule has 21 heavy (non-hydrogen) atoms. The minimum absolute atomic E-state index is 0.298. The SMILES string of the molecule is C[C@H](O)c1ccc(Oc2cc(F)ccc2[N+](=O)[O-])c(F)c1. The third kappa shape index (κ3) is 3.32. The first-order chi connectivity index (χ1) is 9.88. The summed E-state index contributed by atoms with van der Waals surface area (Å²) in [6.45, 7) is 1.46. The maximum Gasteiger partial charge on any atom is 0.311 e. The fourth-order valence-corrected chi connectivity index (χ4v) is 1.70. The van der Waals surface area contributed by atoms with Gasteiger partial charge in [-0.05, 0) is 30.7 Å². The summed E-state index contributed by atoms with van der Waals surface area (Å²) in [5.41, 5.74) is -0.149. The summed E-state index contributed by atoms with van der Waals surface area (Å²) in [4.78, 5) is 10.1. The van der Waals surface area contributed by atoms with Gasteiger partial charge in [-0.1, -0.05) is 6.07 Å². The molecule has 0 saturated carbocycles. The lowest BCUT2D eigenvalue weighted by Crippen LogP contribution is -1.97. The fraction of sp³-hybridized carbons (Fsp3) is 0.143. The molecule has 5 nitrogen and oxygen atoms in total. The predicted octanol–water partition coefficient (Wildman–Crippen LogP) is 3.72. The van der Waals surface area contributed by atoms with Crippen LogP contribution >= 0.6 is 0 Å². The number of halogens is 2. The second kappa shape index (κ2) is 5.84. The normalized spacial score (nSPS) is 12.0. The van der Waals surface area contributed by atoms with E-state index in [0.717, 1.165) is 24.3 Å². The zero-order valence-electron chi connectivity index (χ0n) is 10.9. The van der Waals surface area contributed by atoms with E-state index in [9.17, 15) is 24.0 Å². The highest BCUT2D eigenvalue weighted by atomic mass is 19.1. The number of ether oxygens (including phenoxy) is 1. The monoisotopic (exact) mass is 295 g/mol. The summed E-state index contributed by atoms with van der Waals surface area (Å²) < 4.78 is 32.1. The molecular formula is C14H11F2NO4. The lowest BCUT2D eigenvalue weighted by molar-refractivity contribution is -0.385. The minimum atomic E-state index is -0.864. The van der Waals surface area contributed by atoms with E-state index in [2.05, 4.69) is 0 Å². The van der Waals surface area contributed by atoms with Crippen molar-refractivity contribution in [2.75, 3.05) is 0 Å². The number of benzene rings is 2. The summed E-state index contributed by atoms with van der Waals surface area (Å²) in [6.07, 6.45) is -0.864. The predicted molar refractivity (Wildman–Crippen MR) is 70.2 cm³/mol. The van der Waals surface area contributed by atoms with Crippen molar-refractivity contribution in [2.24, 2.45) is 0 Å². The maximum atomic E-state index is 13.8. The molecule has 2 rings (SSSR count). The topological polar surface area (TPSA) is 72.6 Å². The number of aliphatic hydroxyl groups excluding tert-OH is 1. The summed E-state index contributed by atoms with van der Waals surface area (Å²) in [6, 6.07) is 6.33. The first-order valence-electron chi connectivity index (χ1n) is 5.98. The van der Waals surface area contributed by atoms with Crippen LogP contribution in [-0.2, 0) is 0 Å². The summed E-state index contributed by atoms with van der Waals surface area (Å²) >= 11 is 0. The Morgan fingerprint density at radius 2 is 1.90 bits per heavy atom. The Morgan fingerprint density at radius 3 is 2.48 bits per heavy atom. The van der Waals surface area contributed by atoms with E-state index in [0.29, 0.717) is 5.56 Å². The Balaban J connectivity index is 2.38. The van der Waals surface area contributed by atoms with E-state index >= 15 is 0 Å². The van der Waals surface area contributed by atoms with E-state index < -0.39 is 34.1 Å². The number of hydrogen-bond acceptors (Lipinski definition) is 4. The highest BCUT2D eigenvalue weighted by Gasteiger charge is 2.18. The van der Waals surface area contributed by atoms with Crippen molar-refractivity contribution in [3.8, 4) is 11.5 Å². The molecule has 7 heteroatoms. The van der Waals surface area contributed by atoms with Gasteiger partial charge in [0.05, 0.1) is 11.0 Å². The van der Waals surface area contributed by atoms with Crippen LogP contribution in [0, 0.1) is 21.7 Å². The zero-order valence-corrected chi connectivity index (χ0v) is 10.9. The van der Waals surface area contributed by atoms with Gasteiger partial charge in [-0.15, -0.1) is 0 Å². The highest BCUT2D eigenvalue weighted by molar-refractivity contribution is 5.48. The van der Waals surface area contributed by atoms with E-state index in [1.165, 1.54) is 19.1 Å². The summed E-state index contributed by atoms with van der Waals surface area (Å²) in [5, 5.41) is 20.2. The molecule has 0 heterocycles. The van der Waals surface area contributed by atoms with Gasteiger partial charge in [-0.25, -0.2) is 8.78 Å².